The lowest BCUT2D eigenvalue weighted by Crippen LogP contribution is -2.28. The maximum Gasteiger partial charge on any atom is 0.317 e. The quantitative estimate of drug-likeness (QED) is 0.443. The van der Waals surface area contributed by atoms with Gasteiger partial charge >= 0.3 is 11.9 Å². The first-order chi connectivity index (χ1) is 13.3. The fraction of sp³-hybridized carbons (Fsp3) is 0.300. The number of hydrogen-bond donors (Lipinski definition) is 5. The van der Waals surface area contributed by atoms with E-state index in [2.05, 4.69) is 5.73 Å². The van der Waals surface area contributed by atoms with Crippen LogP contribution in [-0.2, 0) is 22.4 Å². The first-order valence-electron chi connectivity index (χ1n) is 8.70. The number of aromatic hydroxyl groups is 2. The van der Waals surface area contributed by atoms with Gasteiger partial charge in [0.1, 0.15) is 11.5 Å². The molecule has 0 saturated carbocycles. The molecule has 0 amide bonds. The lowest BCUT2D eigenvalue weighted by atomic mass is 9.91. The normalized spacial score (nSPS) is 16.5. The van der Waals surface area contributed by atoms with Crippen molar-refractivity contribution in [2.24, 2.45) is 5.73 Å². The molecule has 2 aromatic carbocycles. The van der Waals surface area contributed by atoms with Crippen molar-refractivity contribution in [2.45, 2.75) is 18.4 Å². The van der Waals surface area contributed by atoms with E-state index in [1.165, 1.54) is 0 Å². The van der Waals surface area contributed by atoms with Gasteiger partial charge in [-0.3, -0.25) is 14.5 Å². The van der Waals surface area contributed by atoms with E-state index in [-0.39, 0.29) is 30.1 Å². The van der Waals surface area contributed by atoms with Crippen LogP contribution in [0.2, 0.25) is 0 Å². The molecule has 2 aromatic rings. The van der Waals surface area contributed by atoms with Crippen LogP contribution < -0.4 is 5.73 Å². The maximum atomic E-state index is 11.0. The molecule has 8 nitrogen and oxygen atoms in total. The van der Waals surface area contributed by atoms with E-state index in [0.29, 0.717) is 19.4 Å². The molecular formula is C20H24N2O6. The predicted molar refractivity (Wildman–Crippen MR) is 102 cm³/mol. The smallest absolute Gasteiger partial charge is 0.317 e. The minimum Gasteiger partial charge on any atom is -0.508 e. The largest absolute Gasteiger partial charge is 0.508 e. The lowest BCUT2D eigenvalue weighted by molar-refractivity contribution is -0.137. The van der Waals surface area contributed by atoms with E-state index in [9.17, 15) is 19.8 Å². The van der Waals surface area contributed by atoms with Crippen molar-refractivity contribution in [1.82, 2.24) is 4.90 Å². The van der Waals surface area contributed by atoms with Crippen molar-refractivity contribution < 1.29 is 30.0 Å². The van der Waals surface area contributed by atoms with Crippen LogP contribution in [0.5, 0.6) is 11.5 Å². The molecule has 0 radical (unpaired) electrons. The number of carboxylic acid groups (broad SMARTS) is 2. The Balaban J connectivity index is 0.000000500. The number of benzene rings is 2. The zero-order valence-electron chi connectivity index (χ0n) is 15.3. The highest BCUT2D eigenvalue weighted by Gasteiger charge is 2.52. The molecule has 0 aliphatic carbocycles. The first-order valence-corrected chi connectivity index (χ1v) is 8.70. The third kappa shape index (κ3) is 5.70. The standard InChI is InChI=1S/C18H19NO4.C2H5NO2/c20-15-7-3-1-5-13(15)9-18(12-19(18)11-17(22)23)10-14-6-2-4-8-16(14)21;3-1-2(4)5/h1-8,20-21H,9-12H2,(H,22,23);1,3H2,(H,4,5). The Labute approximate surface area is 162 Å². The first kappa shape index (κ1) is 21.2. The highest BCUT2D eigenvalue weighted by molar-refractivity contribution is 5.70. The fourth-order valence-electron chi connectivity index (χ4n) is 3.13. The van der Waals surface area contributed by atoms with Gasteiger partial charge in [0.15, 0.2) is 0 Å². The number of rotatable bonds is 7. The van der Waals surface area contributed by atoms with Crippen molar-refractivity contribution in [2.75, 3.05) is 19.6 Å². The molecule has 1 aliphatic heterocycles. The topological polar surface area (TPSA) is 144 Å². The van der Waals surface area contributed by atoms with Crippen molar-refractivity contribution >= 4 is 11.9 Å². The van der Waals surface area contributed by atoms with Gasteiger partial charge in [-0.15, -0.1) is 0 Å². The minimum atomic E-state index is -0.968. The molecule has 28 heavy (non-hydrogen) atoms. The summed E-state index contributed by atoms with van der Waals surface area (Å²) in [5.74, 6) is -1.41. The molecule has 0 bridgehead atoms. The number of carbonyl (C=O) groups is 2. The molecule has 6 N–H and O–H groups in total. The molecule has 1 aliphatic rings. The molecule has 8 heteroatoms. The number of phenols is 2. The fourth-order valence-corrected chi connectivity index (χ4v) is 3.13. The highest BCUT2D eigenvalue weighted by atomic mass is 16.4. The van der Waals surface area contributed by atoms with Gasteiger partial charge in [-0.25, -0.2) is 0 Å². The molecule has 1 atom stereocenters. The number of phenolic OH excluding ortho intramolecular Hbond substituents is 2. The van der Waals surface area contributed by atoms with Gasteiger partial charge in [0.05, 0.1) is 13.1 Å². The Morgan fingerprint density at radius 1 is 0.893 bits per heavy atom. The molecule has 0 aromatic heterocycles. The van der Waals surface area contributed by atoms with Gasteiger partial charge in [-0.05, 0) is 36.1 Å². The number of carboxylic acids is 2. The third-order valence-corrected chi connectivity index (χ3v) is 4.58. The van der Waals surface area contributed by atoms with Crippen LogP contribution in [0.3, 0.4) is 0 Å². The SMILES string of the molecule is NCC(=O)O.O=C(O)CN1CC1(Cc1ccccc1O)Cc1ccccc1O. The number of nitrogens with two attached hydrogens (primary N) is 1. The average Bonchev–Trinajstić information content (AvgIpc) is 3.30. The van der Waals surface area contributed by atoms with E-state index >= 15 is 0 Å². The second-order valence-electron chi connectivity index (χ2n) is 6.68. The van der Waals surface area contributed by atoms with Crippen LogP contribution in [0.4, 0.5) is 0 Å². The number of nitrogens with zero attached hydrogens (tertiary/aromatic N) is 1. The Kier molecular flexibility index (Phi) is 6.97. The second-order valence-corrected chi connectivity index (χ2v) is 6.68. The molecular weight excluding hydrogens is 364 g/mol. The second kappa shape index (κ2) is 9.20. The summed E-state index contributed by atoms with van der Waals surface area (Å²) in [5, 5.41) is 36.7. The molecule has 150 valence electrons. The summed E-state index contributed by atoms with van der Waals surface area (Å²) in [5.41, 5.74) is 5.77. The number of hydrogen-bond acceptors (Lipinski definition) is 6. The van der Waals surface area contributed by atoms with E-state index in [1.807, 2.05) is 29.2 Å². The highest BCUT2D eigenvalue weighted by Crippen LogP contribution is 2.41. The lowest BCUT2D eigenvalue weighted by Gasteiger charge is -2.19. The van der Waals surface area contributed by atoms with Crippen LogP contribution in [0, 0.1) is 0 Å². The van der Waals surface area contributed by atoms with Gasteiger partial charge in [0.25, 0.3) is 0 Å². The third-order valence-electron chi connectivity index (χ3n) is 4.58. The van der Waals surface area contributed by atoms with E-state index < -0.39 is 11.9 Å². The van der Waals surface area contributed by atoms with Gasteiger partial charge in [0, 0.05) is 12.1 Å². The van der Waals surface area contributed by atoms with Crippen molar-refractivity contribution in [3.63, 3.8) is 0 Å². The van der Waals surface area contributed by atoms with Crippen molar-refractivity contribution in [3.05, 3.63) is 59.7 Å². The zero-order chi connectivity index (χ0) is 20.7. The number of aliphatic carboxylic acids is 2. The van der Waals surface area contributed by atoms with Crippen LogP contribution in [0.1, 0.15) is 11.1 Å². The van der Waals surface area contributed by atoms with E-state index in [0.717, 1.165) is 11.1 Å². The summed E-state index contributed by atoms with van der Waals surface area (Å²) in [7, 11) is 0. The molecule has 3 rings (SSSR count). The molecule has 1 fully saturated rings. The van der Waals surface area contributed by atoms with Gasteiger partial charge in [-0.1, -0.05) is 36.4 Å². The Hall–Kier alpha value is -3.10. The van der Waals surface area contributed by atoms with Crippen LogP contribution in [0.25, 0.3) is 0 Å². The predicted octanol–water partition coefficient (Wildman–Crippen LogP) is 1.05. The Morgan fingerprint density at radius 3 is 1.68 bits per heavy atom. The van der Waals surface area contributed by atoms with Crippen LogP contribution in [-0.4, -0.2) is 62.4 Å². The van der Waals surface area contributed by atoms with E-state index in [1.54, 1.807) is 24.3 Å². The molecule has 1 unspecified atom stereocenters. The van der Waals surface area contributed by atoms with Crippen molar-refractivity contribution in [1.29, 1.82) is 0 Å². The zero-order valence-corrected chi connectivity index (χ0v) is 15.3. The van der Waals surface area contributed by atoms with Crippen LogP contribution >= 0.6 is 0 Å². The molecule has 1 heterocycles. The van der Waals surface area contributed by atoms with E-state index in [4.69, 9.17) is 10.2 Å². The molecule has 1 saturated heterocycles. The van der Waals surface area contributed by atoms with Gasteiger partial charge in [-0.2, -0.15) is 0 Å². The summed E-state index contributed by atoms with van der Waals surface area (Å²) in [6.45, 7) is 0.309. The summed E-state index contributed by atoms with van der Waals surface area (Å²) in [4.78, 5) is 22.1. The average molecular weight is 388 g/mol. The Bertz CT molecular complexity index is 791. The summed E-state index contributed by atoms with van der Waals surface area (Å²) in [6, 6.07) is 14.2. The van der Waals surface area contributed by atoms with Crippen LogP contribution in [0.15, 0.2) is 48.5 Å². The Morgan fingerprint density at radius 2 is 1.32 bits per heavy atom. The monoisotopic (exact) mass is 388 g/mol. The van der Waals surface area contributed by atoms with Gasteiger partial charge < -0.3 is 26.2 Å². The van der Waals surface area contributed by atoms with Gasteiger partial charge in [0.2, 0.25) is 0 Å². The maximum absolute atomic E-state index is 11.0. The van der Waals surface area contributed by atoms with Crippen molar-refractivity contribution in [3.8, 4) is 11.5 Å². The minimum absolute atomic E-state index is 0.0405. The summed E-state index contributed by atoms with van der Waals surface area (Å²) < 4.78 is 0. The summed E-state index contributed by atoms with van der Waals surface area (Å²) >= 11 is 0. The molecule has 0 spiro atoms. The number of para-hydroxylation sites is 2. The summed E-state index contributed by atoms with van der Waals surface area (Å²) in [6.07, 6.45) is 1.09.